The quantitative estimate of drug-likeness (QED) is 0.752. The Kier molecular flexibility index (Phi) is 4.36. The topological polar surface area (TPSA) is 17.1 Å². The van der Waals surface area contributed by atoms with Crippen LogP contribution >= 0.6 is 0 Å². The average Bonchev–Trinajstić information content (AvgIpc) is 2.40. The molecular formula is C16H22O. The number of hydrogen-bond acceptors (Lipinski definition) is 1. The molecule has 1 unspecified atom stereocenters. The van der Waals surface area contributed by atoms with Gasteiger partial charge in [0.15, 0.2) is 0 Å². The highest BCUT2D eigenvalue weighted by Gasteiger charge is 2.22. The van der Waals surface area contributed by atoms with Gasteiger partial charge in [-0.3, -0.25) is 4.79 Å². The fourth-order valence-electron chi connectivity index (χ4n) is 2.79. The van der Waals surface area contributed by atoms with Crippen molar-refractivity contribution < 1.29 is 4.79 Å². The van der Waals surface area contributed by atoms with Crippen LogP contribution in [0.2, 0.25) is 0 Å². The molecule has 1 nitrogen and oxygen atoms in total. The van der Waals surface area contributed by atoms with Gasteiger partial charge in [-0.05, 0) is 24.3 Å². The van der Waals surface area contributed by atoms with Gasteiger partial charge < -0.3 is 0 Å². The highest BCUT2D eigenvalue weighted by molar-refractivity contribution is 5.81. The van der Waals surface area contributed by atoms with Crippen LogP contribution in [0.15, 0.2) is 30.3 Å². The van der Waals surface area contributed by atoms with E-state index in [1.54, 1.807) is 0 Å². The summed E-state index contributed by atoms with van der Waals surface area (Å²) in [4.78, 5) is 12.2. The van der Waals surface area contributed by atoms with Gasteiger partial charge in [-0.25, -0.2) is 0 Å². The molecule has 1 saturated carbocycles. The van der Waals surface area contributed by atoms with Crippen molar-refractivity contribution in [3.63, 3.8) is 0 Å². The molecule has 17 heavy (non-hydrogen) atoms. The van der Waals surface area contributed by atoms with E-state index in [1.807, 2.05) is 6.07 Å². The Bertz CT molecular complexity index is 349. The van der Waals surface area contributed by atoms with Crippen LogP contribution in [0.25, 0.3) is 0 Å². The van der Waals surface area contributed by atoms with E-state index < -0.39 is 0 Å². The van der Waals surface area contributed by atoms with Crippen molar-refractivity contribution in [2.24, 2.45) is 5.92 Å². The van der Waals surface area contributed by atoms with Gasteiger partial charge in [0, 0.05) is 12.3 Å². The van der Waals surface area contributed by atoms with Crippen molar-refractivity contribution in [1.29, 1.82) is 0 Å². The minimum absolute atomic E-state index is 0.356. The third-order valence-corrected chi connectivity index (χ3v) is 3.94. The summed E-state index contributed by atoms with van der Waals surface area (Å²) < 4.78 is 0. The molecule has 1 aromatic carbocycles. The summed E-state index contributed by atoms with van der Waals surface area (Å²) in [6.45, 7) is 2.16. The first-order valence-corrected chi connectivity index (χ1v) is 6.85. The lowest BCUT2D eigenvalue weighted by molar-refractivity contribution is -0.124. The standard InChI is InChI=1S/C16H22O/c1-13(14-8-4-2-5-9-14)12-16(17)15-10-6-3-7-11-15/h2,4-5,8-9,13,15H,3,6-7,10-12H2,1H3. The lowest BCUT2D eigenvalue weighted by atomic mass is 9.82. The Balaban J connectivity index is 1.89. The van der Waals surface area contributed by atoms with Crippen LogP contribution in [0.1, 0.15) is 56.9 Å². The fraction of sp³-hybridized carbons (Fsp3) is 0.562. The zero-order chi connectivity index (χ0) is 12.1. The van der Waals surface area contributed by atoms with E-state index in [0.717, 1.165) is 12.8 Å². The number of benzene rings is 1. The molecule has 0 amide bonds. The summed E-state index contributed by atoms with van der Waals surface area (Å²) in [6.07, 6.45) is 6.78. The van der Waals surface area contributed by atoms with Gasteiger partial charge in [0.2, 0.25) is 0 Å². The first kappa shape index (κ1) is 12.3. The Labute approximate surface area is 104 Å². The molecule has 0 aliphatic heterocycles. The van der Waals surface area contributed by atoms with Crippen molar-refractivity contribution in [3.05, 3.63) is 35.9 Å². The molecule has 0 spiro atoms. The zero-order valence-corrected chi connectivity index (χ0v) is 10.7. The van der Waals surface area contributed by atoms with Crippen molar-refractivity contribution in [3.8, 4) is 0 Å². The molecule has 0 radical (unpaired) electrons. The number of carbonyl (C=O) groups excluding carboxylic acids is 1. The number of carbonyl (C=O) groups is 1. The fourth-order valence-corrected chi connectivity index (χ4v) is 2.79. The van der Waals surface area contributed by atoms with Gasteiger partial charge in [-0.15, -0.1) is 0 Å². The van der Waals surface area contributed by atoms with Crippen molar-refractivity contribution in [1.82, 2.24) is 0 Å². The largest absolute Gasteiger partial charge is 0.299 e. The Morgan fingerprint density at radius 3 is 2.47 bits per heavy atom. The maximum atomic E-state index is 12.2. The summed E-state index contributed by atoms with van der Waals surface area (Å²) in [5, 5.41) is 0. The molecule has 1 heteroatoms. The third-order valence-electron chi connectivity index (χ3n) is 3.94. The molecule has 0 bridgehead atoms. The van der Waals surface area contributed by atoms with E-state index in [9.17, 15) is 4.79 Å². The molecule has 0 saturated heterocycles. The van der Waals surface area contributed by atoms with E-state index in [4.69, 9.17) is 0 Å². The Hall–Kier alpha value is -1.11. The van der Waals surface area contributed by atoms with E-state index in [2.05, 4.69) is 31.2 Å². The maximum absolute atomic E-state index is 12.2. The second-order valence-electron chi connectivity index (χ2n) is 5.32. The van der Waals surface area contributed by atoms with Gasteiger partial charge in [0.1, 0.15) is 5.78 Å². The second kappa shape index (κ2) is 6.00. The maximum Gasteiger partial charge on any atom is 0.136 e. The molecular weight excluding hydrogens is 208 g/mol. The smallest absolute Gasteiger partial charge is 0.136 e. The summed E-state index contributed by atoms with van der Waals surface area (Å²) in [5.74, 6) is 1.21. The van der Waals surface area contributed by atoms with Crippen LogP contribution in [0, 0.1) is 5.92 Å². The van der Waals surface area contributed by atoms with E-state index in [0.29, 0.717) is 24.0 Å². The zero-order valence-electron chi connectivity index (χ0n) is 10.7. The second-order valence-corrected chi connectivity index (χ2v) is 5.32. The summed E-state index contributed by atoms with van der Waals surface area (Å²) in [7, 11) is 0. The molecule has 92 valence electrons. The summed E-state index contributed by atoms with van der Waals surface area (Å²) in [6, 6.07) is 10.4. The lowest BCUT2D eigenvalue weighted by Crippen LogP contribution is -2.19. The lowest BCUT2D eigenvalue weighted by Gasteiger charge is -2.22. The Morgan fingerprint density at radius 2 is 1.82 bits per heavy atom. The average molecular weight is 230 g/mol. The van der Waals surface area contributed by atoms with Gasteiger partial charge in [-0.2, -0.15) is 0 Å². The number of ketones is 1. The van der Waals surface area contributed by atoms with Crippen LogP contribution in [-0.2, 0) is 4.79 Å². The third kappa shape index (κ3) is 3.42. The first-order chi connectivity index (χ1) is 8.27. The normalized spacial score (nSPS) is 18.9. The predicted molar refractivity (Wildman–Crippen MR) is 71.1 cm³/mol. The minimum atomic E-state index is 0.356. The van der Waals surface area contributed by atoms with Crippen LogP contribution < -0.4 is 0 Å². The van der Waals surface area contributed by atoms with Crippen molar-refractivity contribution in [2.75, 3.05) is 0 Å². The molecule has 1 aromatic rings. The molecule has 1 aliphatic rings. The number of Topliss-reactive ketones (excluding diaryl/α,β-unsaturated/α-hetero) is 1. The van der Waals surface area contributed by atoms with Crippen LogP contribution in [0.3, 0.4) is 0 Å². The van der Waals surface area contributed by atoms with Gasteiger partial charge in [0.25, 0.3) is 0 Å². The molecule has 0 N–H and O–H groups in total. The minimum Gasteiger partial charge on any atom is -0.299 e. The van der Waals surface area contributed by atoms with Crippen LogP contribution in [0.4, 0.5) is 0 Å². The molecule has 0 aromatic heterocycles. The predicted octanol–water partition coefficient (Wildman–Crippen LogP) is 4.33. The molecule has 1 fully saturated rings. The van der Waals surface area contributed by atoms with E-state index >= 15 is 0 Å². The van der Waals surface area contributed by atoms with Gasteiger partial charge in [0.05, 0.1) is 0 Å². The SMILES string of the molecule is CC(CC(=O)C1CCCCC1)c1ccccc1. The molecule has 1 aliphatic carbocycles. The highest BCUT2D eigenvalue weighted by Crippen LogP contribution is 2.28. The highest BCUT2D eigenvalue weighted by atomic mass is 16.1. The molecule has 1 atom stereocenters. The summed E-state index contributed by atoms with van der Waals surface area (Å²) >= 11 is 0. The van der Waals surface area contributed by atoms with Crippen LogP contribution in [-0.4, -0.2) is 5.78 Å². The molecule has 0 heterocycles. The van der Waals surface area contributed by atoms with E-state index in [-0.39, 0.29) is 0 Å². The van der Waals surface area contributed by atoms with Gasteiger partial charge in [-0.1, -0.05) is 56.5 Å². The molecule has 2 rings (SSSR count). The van der Waals surface area contributed by atoms with E-state index in [1.165, 1.54) is 24.8 Å². The first-order valence-electron chi connectivity index (χ1n) is 6.85. The van der Waals surface area contributed by atoms with Crippen LogP contribution in [0.5, 0.6) is 0 Å². The van der Waals surface area contributed by atoms with Gasteiger partial charge >= 0.3 is 0 Å². The monoisotopic (exact) mass is 230 g/mol. The summed E-state index contributed by atoms with van der Waals surface area (Å²) in [5.41, 5.74) is 1.29. The van der Waals surface area contributed by atoms with Crippen molar-refractivity contribution >= 4 is 5.78 Å². The number of hydrogen-bond donors (Lipinski definition) is 0. The Morgan fingerprint density at radius 1 is 1.18 bits per heavy atom. The van der Waals surface area contributed by atoms with Crippen molar-refractivity contribution in [2.45, 2.75) is 51.4 Å². The number of rotatable bonds is 4.